The van der Waals surface area contributed by atoms with Crippen LogP contribution in [0.15, 0.2) is 48.8 Å². The van der Waals surface area contributed by atoms with Crippen LogP contribution in [0.2, 0.25) is 0 Å². The van der Waals surface area contributed by atoms with Crippen molar-refractivity contribution in [2.75, 3.05) is 13.1 Å². The lowest BCUT2D eigenvalue weighted by atomic mass is 10.0. The van der Waals surface area contributed by atoms with Crippen molar-refractivity contribution in [2.24, 2.45) is 7.05 Å². The number of likely N-dealkylation sites (tertiary alicyclic amines) is 1. The van der Waals surface area contributed by atoms with Crippen LogP contribution in [0.5, 0.6) is 0 Å². The molecule has 0 saturated carbocycles. The summed E-state index contributed by atoms with van der Waals surface area (Å²) in [7, 11) is 1.86. The average molecular weight is 324 g/mol. The number of nitrogens with one attached hydrogen (secondary N) is 1. The third-order valence-corrected chi connectivity index (χ3v) is 4.33. The highest BCUT2D eigenvalue weighted by Gasteiger charge is 2.19. The van der Waals surface area contributed by atoms with Crippen molar-refractivity contribution in [2.45, 2.75) is 25.4 Å². The van der Waals surface area contributed by atoms with Crippen molar-refractivity contribution in [3.8, 4) is 0 Å². The quantitative estimate of drug-likeness (QED) is 0.858. The second-order valence-corrected chi connectivity index (χ2v) is 6.33. The summed E-state index contributed by atoms with van der Waals surface area (Å²) in [4.78, 5) is 14.5. The van der Waals surface area contributed by atoms with Gasteiger partial charge in [-0.2, -0.15) is 5.10 Å². The van der Waals surface area contributed by atoms with E-state index in [4.69, 9.17) is 0 Å². The van der Waals surface area contributed by atoms with Crippen LogP contribution in [0.3, 0.4) is 0 Å². The predicted octanol–water partition coefficient (Wildman–Crippen LogP) is 2.21. The summed E-state index contributed by atoms with van der Waals surface area (Å²) >= 11 is 0. The van der Waals surface area contributed by atoms with E-state index in [1.54, 1.807) is 23.0 Å². The molecule has 1 saturated heterocycles. The van der Waals surface area contributed by atoms with Crippen molar-refractivity contribution in [3.63, 3.8) is 0 Å². The molecule has 0 radical (unpaired) electrons. The van der Waals surface area contributed by atoms with Gasteiger partial charge in [0.2, 0.25) is 5.91 Å². The molecule has 2 heterocycles. The van der Waals surface area contributed by atoms with Crippen LogP contribution in [0.4, 0.5) is 0 Å². The molecule has 1 fully saturated rings. The summed E-state index contributed by atoms with van der Waals surface area (Å²) < 4.78 is 1.72. The number of aryl methyl sites for hydroxylation is 1. The maximum Gasteiger partial charge on any atom is 0.244 e. The zero-order valence-corrected chi connectivity index (χ0v) is 14.1. The fourth-order valence-corrected chi connectivity index (χ4v) is 3.02. The largest absolute Gasteiger partial charge is 0.350 e. The van der Waals surface area contributed by atoms with E-state index in [1.165, 1.54) is 5.56 Å². The molecule has 0 spiro atoms. The van der Waals surface area contributed by atoms with Crippen LogP contribution in [0, 0.1) is 0 Å². The van der Waals surface area contributed by atoms with Gasteiger partial charge in [0, 0.05) is 50.6 Å². The monoisotopic (exact) mass is 324 g/mol. The molecule has 5 nitrogen and oxygen atoms in total. The van der Waals surface area contributed by atoms with Gasteiger partial charge in [-0.3, -0.25) is 14.4 Å². The van der Waals surface area contributed by atoms with E-state index in [0.717, 1.165) is 38.0 Å². The minimum absolute atomic E-state index is 0.0274. The number of benzene rings is 1. The lowest BCUT2D eigenvalue weighted by Crippen LogP contribution is -2.43. The molecule has 126 valence electrons. The summed E-state index contributed by atoms with van der Waals surface area (Å²) in [5, 5.41) is 7.18. The molecule has 0 unspecified atom stereocenters. The van der Waals surface area contributed by atoms with Gasteiger partial charge in [-0.25, -0.2) is 0 Å². The van der Waals surface area contributed by atoms with Crippen LogP contribution in [-0.4, -0.2) is 39.7 Å². The first kappa shape index (κ1) is 16.5. The number of rotatable bonds is 5. The van der Waals surface area contributed by atoms with E-state index >= 15 is 0 Å². The van der Waals surface area contributed by atoms with Gasteiger partial charge in [-0.15, -0.1) is 0 Å². The number of piperidine rings is 1. The number of carbonyl (C=O) groups excluding carboxylic acids is 1. The fraction of sp³-hybridized carbons (Fsp3) is 0.368. The summed E-state index contributed by atoms with van der Waals surface area (Å²) in [5.74, 6) is -0.0274. The molecular weight excluding hydrogens is 300 g/mol. The van der Waals surface area contributed by atoms with Crippen molar-refractivity contribution in [1.82, 2.24) is 20.0 Å². The zero-order valence-electron chi connectivity index (χ0n) is 14.1. The Kier molecular flexibility index (Phi) is 5.43. The van der Waals surface area contributed by atoms with E-state index in [2.05, 4.69) is 39.6 Å². The van der Waals surface area contributed by atoms with Gasteiger partial charge in [0.1, 0.15) is 0 Å². The number of carbonyl (C=O) groups is 1. The lowest BCUT2D eigenvalue weighted by Gasteiger charge is -2.32. The van der Waals surface area contributed by atoms with Crippen LogP contribution < -0.4 is 5.32 Å². The summed E-state index contributed by atoms with van der Waals surface area (Å²) in [5.41, 5.74) is 2.28. The summed E-state index contributed by atoms with van der Waals surface area (Å²) in [6, 6.07) is 10.8. The third-order valence-electron chi connectivity index (χ3n) is 4.33. The van der Waals surface area contributed by atoms with Crippen LogP contribution in [0.25, 0.3) is 6.08 Å². The van der Waals surface area contributed by atoms with Crippen LogP contribution >= 0.6 is 0 Å². The third kappa shape index (κ3) is 4.80. The standard InChI is InChI=1S/C19H24N4O/c1-22-14-17(13-20-22)7-8-19(24)21-18-9-11-23(12-10-18)15-16-5-3-2-4-6-16/h2-8,13-14,18H,9-12,15H2,1H3,(H,21,24). The first-order chi connectivity index (χ1) is 11.7. The zero-order chi connectivity index (χ0) is 16.8. The molecule has 0 atom stereocenters. The highest BCUT2D eigenvalue weighted by molar-refractivity contribution is 5.91. The summed E-state index contributed by atoms with van der Waals surface area (Å²) in [6.45, 7) is 3.03. The van der Waals surface area contributed by atoms with E-state index in [0.29, 0.717) is 0 Å². The van der Waals surface area contributed by atoms with E-state index < -0.39 is 0 Å². The topological polar surface area (TPSA) is 50.2 Å². The normalized spacial score (nSPS) is 16.5. The Bertz CT molecular complexity index is 684. The molecule has 0 bridgehead atoms. The first-order valence-electron chi connectivity index (χ1n) is 8.42. The van der Waals surface area contributed by atoms with Gasteiger partial charge < -0.3 is 5.32 Å². The minimum atomic E-state index is -0.0274. The van der Waals surface area contributed by atoms with E-state index in [1.807, 2.05) is 19.3 Å². The molecule has 1 aromatic carbocycles. The Hall–Kier alpha value is -2.40. The van der Waals surface area contributed by atoms with Gasteiger partial charge in [0.25, 0.3) is 0 Å². The number of amides is 1. The molecule has 24 heavy (non-hydrogen) atoms. The number of nitrogens with zero attached hydrogens (tertiary/aromatic N) is 3. The molecule has 1 aliphatic rings. The van der Waals surface area contributed by atoms with Crippen molar-refractivity contribution in [1.29, 1.82) is 0 Å². The molecule has 2 aromatic rings. The molecular formula is C19H24N4O. The van der Waals surface area contributed by atoms with E-state index in [9.17, 15) is 4.79 Å². The smallest absolute Gasteiger partial charge is 0.244 e. The fourth-order valence-electron chi connectivity index (χ4n) is 3.02. The molecule has 1 amide bonds. The number of hydrogen-bond donors (Lipinski definition) is 1. The van der Waals surface area contributed by atoms with Crippen molar-refractivity contribution >= 4 is 12.0 Å². The van der Waals surface area contributed by atoms with Gasteiger partial charge in [-0.05, 0) is 24.5 Å². The molecule has 1 aliphatic heterocycles. The molecule has 0 aliphatic carbocycles. The van der Waals surface area contributed by atoms with Gasteiger partial charge in [0.15, 0.2) is 0 Å². The Labute approximate surface area is 143 Å². The number of hydrogen-bond acceptors (Lipinski definition) is 3. The molecule has 1 aromatic heterocycles. The Morgan fingerprint density at radius 1 is 1.29 bits per heavy atom. The maximum atomic E-state index is 12.0. The molecule has 5 heteroatoms. The van der Waals surface area contributed by atoms with E-state index in [-0.39, 0.29) is 11.9 Å². The number of aromatic nitrogens is 2. The highest BCUT2D eigenvalue weighted by atomic mass is 16.1. The van der Waals surface area contributed by atoms with Crippen molar-refractivity contribution in [3.05, 3.63) is 59.9 Å². The van der Waals surface area contributed by atoms with Gasteiger partial charge >= 0.3 is 0 Å². The molecule has 1 N–H and O–H groups in total. The van der Waals surface area contributed by atoms with Gasteiger partial charge in [-0.1, -0.05) is 30.3 Å². The van der Waals surface area contributed by atoms with Gasteiger partial charge in [0.05, 0.1) is 6.20 Å². The van der Waals surface area contributed by atoms with Crippen molar-refractivity contribution < 1.29 is 4.79 Å². The van der Waals surface area contributed by atoms with Crippen LogP contribution in [-0.2, 0) is 18.4 Å². The maximum absolute atomic E-state index is 12.0. The Balaban J connectivity index is 1.42. The average Bonchev–Trinajstić information content (AvgIpc) is 3.01. The second-order valence-electron chi connectivity index (χ2n) is 6.33. The summed E-state index contributed by atoms with van der Waals surface area (Å²) in [6.07, 6.45) is 9.01. The predicted molar refractivity (Wildman–Crippen MR) is 95.1 cm³/mol. The van der Waals surface area contributed by atoms with Crippen LogP contribution in [0.1, 0.15) is 24.0 Å². The first-order valence-corrected chi connectivity index (χ1v) is 8.42. The Morgan fingerprint density at radius 3 is 2.71 bits per heavy atom. The lowest BCUT2D eigenvalue weighted by molar-refractivity contribution is -0.117. The minimum Gasteiger partial charge on any atom is -0.350 e. The Morgan fingerprint density at radius 2 is 2.04 bits per heavy atom. The molecule has 3 rings (SSSR count). The SMILES string of the molecule is Cn1cc(C=CC(=O)NC2CCN(Cc3ccccc3)CC2)cn1. The highest BCUT2D eigenvalue weighted by Crippen LogP contribution is 2.14. The second kappa shape index (κ2) is 7.93.